The molecule has 0 bridgehead atoms. The van der Waals surface area contributed by atoms with Crippen molar-refractivity contribution in [1.29, 1.82) is 0 Å². The Kier molecular flexibility index (Phi) is 4.24. The fraction of sp³-hybridized carbons (Fsp3) is 0.389. The molecule has 0 saturated carbocycles. The minimum atomic E-state index is -0.334. The van der Waals surface area contributed by atoms with Crippen LogP contribution in [0.15, 0.2) is 16.0 Å². The number of carbonyl (C=O) groups excluding carboxylic acids is 1. The Labute approximate surface area is 145 Å². The van der Waals surface area contributed by atoms with E-state index in [0.29, 0.717) is 24.3 Å². The molecule has 0 amide bonds. The Balaban J connectivity index is 2.24. The van der Waals surface area contributed by atoms with Crippen LogP contribution < -0.4 is 10.3 Å². The second kappa shape index (κ2) is 6.23. The summed E-state index contributed by atoms with van der Waals surface area (Å²) >= 11 is 0. The van der Waals surface area contributed by atoms with E-state index in [1.807, 2.05) is 13.8 Å². The van der Waals surface area contributed by atoms with Crippen molar-refractivity contribution in [2.75, 3.05) is 13.7 Å². The molecule has 7 nitrogen and oxygen atoms in total. The lowest BCUT2D eigenvalue weighted by molar-refractivity contribution is 0.103. The number of H-pyrrole nitrogens is 1. The summed E-state index contributed by atoms with van der Waals surface area (Å²) in [6.45, 7) is 5.96. The number of oxime groups is 1. The number of ether oxygens (including phenoxy) is 1. The number of aromatic amines is 1. The maximum absolute atomic E-state index is 13.1. The molecule has 0 radical (unpaired) electrons. The summed E-state index contributed by atoms with van der Waals surface area (Å²) < 4.78 is 7.09. The van der Waals surface area contributed by atoms with Crippen LogP contribution in [0.1, 0.15) is 44.7 Å². The van der Waals surface area contributed by atoms with E-state index in [-0.39, 0.29) is 16.9 Å². The molecule has 1 aromatic heterocycles. The first-order valence-electron chi connectivity index (χ1n) is 8.04. The Bertz CT molecular complexity index is 950. The van der Waals surface area contributed by atoms with E-state index in [1.54, 1.807) is 20.0 Å². The first-order chi connectivity index (χ1) is 11.9. The zero-order valence-corrected chi connectivity index (χ0v) is 15.0. The summed E-state index contributed by atoms with van der Waals surface area (Å²) in [5, 5.41) is 6.96. The van der Waals surface area contributed by atoms with Gasteiger partial charge in [-0.3, -0.25) is 19.4 Å². The van der Waals surface area contributed by atoms with E-state index < -0.39 is 0 Å². The predicted molar refractivity (Wildman–Crippen MR) is 93.8 cm³/mol. The summed E-state index contributed by atoms with van der Waals surface area (Å²) in [5.41, 5.74) is 3.95. The molecule has 132 valence electrons. The number of hydrogen-bond donors (Lipinski definition) is 1. The standard InChI is InChI=1S/C18H21N3O4/c1-9-8-12(16(22)15-11(3)19-21(4)18(15)23)10(2)14-13(20-24-5)6-7-25-17(9)14/h8,19H,6-7H2,1-5H3/b20-13+. The second-order valence-electron chi connectivity index (χ2n) is 6.19. The van der Waals surface area contributed by atoms with Gasteiger partial charge in [0.25, 0.3) is 5.56 Å². The van der Waals surface area contributed by atoms with Gasteiger partial charge in [-0.2, -0.15) is 0 Å². The number of benzene rings is 1. The average molecular weight is 343 g/mol. The van der Waals surface area contributed by atoms with E-state index in [2.05, 4.69) is 10.3 Å². The average Bonchev–Trinajstić information content (AvgIpc) is 2.83. The van der Waals surface area contributed by atoms with Gasteiger partial charge in [-0.1, -0.05) is 5.16 Å². The highest BCUT2D eigenvalue weighted by molar-refractivity contribution is 6.14. The van der Waals surface area contributed by atoms with Crippen LogP contribution in [0.3, 0.4) is 0 Å². The van der Waals surface area contributed by atoms with Crippen LogP contribution in [0.25, 0.3) is 0 Å². The highest BCUT2D eigenvalue weighted by Gasteiger charge is 2.28. The van der Waals surface area contributed by atoms with E-state index >= 15 is 0 Å². The van der Waals surface area contributed by atoms with Gasteiger partial charge >= 0.3 is 0 Å². The first-order valence-corrected chi connectivity index (χ1v) is 8.04. The lowest BCUT2D eigenvalue weighted by Gasteiger charge is -2.24. The Hall–Kier alpha value is -2.83. The molecule has 3 rings (SSSR count). The summed E-state index contributed by atoms with van der Waals surface area (Å²) in [4.78, 5) is 30.3. The number of ketones is 1. The van der Waals surface area contributed by atoms with Crippen molar-refractivity contribution in [1.82, 2.24) is 9.78 Å². The Morgan fingerprint density at radius 1 is 1.36 bits per heavy atom. The van der Waals surface area contributed by atoms with Gasteiger partial charge in [-0.05, 0) is 38.0 Å². The van der Waals surface area contributed by atoms with Crippen LogP contribution in [0.5, 0.6) is 5.75 Å². The highest BCUT2D eigenvalue weighted by atomic mass is 16.6. The molecule has 1 aliphatic rings. The molecule has 1 N–H and O–H groups in total. The Morgan fingerprint density at radius 3 is 2.68 bits per heavy atom. The summed E-state index contributed by atoms with van der Waals surface area (Å²) in [5.74, 6) is 0.417. The van der Waals surface area contributed by atoms with Crippen molar-refractivity contribution in [2.45, 2.75) is 27.2 Å². The van der Waals surface area contributed by atoms with Gasteiger partial charge in [-0.15, -0.1) is 0 Å². The van der Waals surface area contributed by atoms with Gasteiger partial charge in [-0.25, -0.2) is 0 Å². The summed E-state index contributed by atoms with van der Waals surface area (Å²) in [7, 11) is 3.08. The van der Waals surface area contributed by atoms with Crippen LogP contribution in [-0.2, 0) is 11.9 Å². The number of nitrogens with zero attached hydrogens (tertiary/aromatic N) is 2. The van der Waals surface area contributed by atoms with Gasteiger partial charge < -0.3 is 9.57 Å². The maximum atomic E-state index is 13.1. The lowest BCUT2D eigenvalue weighted by Crippen LogP contribution is -2.23. The number of aromatic nitrogens is 2. The quantitative estimate of drug-likeness (QED) is 0.682. The van der Waals surface area contributed by atoms with E-state index in [4.69, 9.17) is 9.57 Å². The molecule has 2 aromatic rings. The van der Waals surface area contributed by atoms with Gasteiger partial charge in [0.2, 0.25) is 5.78 Å². The van der Waals surface area contributed by atoms with Crippen LogP contribution in [0.4, 0.5) is 0 Å². The SMILES string of the molecule is CO/N=C1\CCOc2c(C)cc(C(=O)c3c(C)[nH]n(C)c3=O)c(C)c21. The fourth-order valence-corrected chi connectivity index (χ4v) is 3.33. The summed E-state index contributed by atoms with van der Waals surface area (Å²) in [6, 6.07) is 1.78. The third kappa shape index (κ3) is 2.65. The van der Waals surface area contributed by atoms with Crippen molar-refractivity contribution in [3.63, 3.8) is 0 Å². The fourth-order valence-electron chi connectivity index (χ4n) is 3.33. The zero-order chi connectivity index (χ0) is 18.3. The van der Waals surface area contributed by atoms with Gasteiger partial charge in [0.1, 0.15) is 18.4 Å². The second-order valence-corrected chi connectivity index (χ2v) is 6.19. The molecule has 0 saturated heterocycles. The van der Waals surface area contributed by atoms with Crippen LogP contribution in [-0.4, -0.2) is 35.0 Å². The van der Waals surface area contributed by atoms with Gasteiger partial charge in [0, 0.05) is 30.3 Å². The number of fused-ring (bicyclic) bond motifs is 1. The zero-order valence-electron chi connectivity index (χ0n) is 15.0. The molecule has 1 aliphatic heterocycles. The molecule has 1 aromatic carbocycles. The molecule has 7 heteroatoms. The van der Waals surface area contributed by atoms with Crippen LogP contribution in [0.2, 0.25) is 0 Å². The largest absolute Gasteiger partial charge is 0.492 e. The number of nitrogens with one attached hydrogen (secondary N) is 1. The van der Waals surface area contributed by atoms with Crippen molar-refractivity contribution in [3.8, 4) is 5.75 Å². The van der Waals surface area contributed by atoms with Crippen molar-refractivity contribution < 1.29 is 14.4 Å². The van der Waals surface area contributed by atoms with Crippen molar-refractivity contribution in [3.05, 3.63) is 49.9 Å². The molecule has 0 spiro atoms. The third-order valence-electron chi connectivity index (χ3n) is 4.50. The molecule has 0 fully saturated rings. The third-order valence-corrected chi connectivity index (χ3v) is 4.50. The van der Waals surface area contributed by atoms with E-state index in [9.17, 15) is 9.59 Å². The predicted octanol–water partition coefficient (Wildman–Crippen LogP) is 2.00. The highest BCUT2D eigenvalue weighted by Crippen LogP contribution is 2.34. The monoisotopic (exact) mass is 343 g/mol. The number of hydrogen-bond acceptors (Lipinski definition) is 5. The van der Waals surface area contributed by atoms with E-state index in [1.165, 1.54) is 11.8 Å². The van der Waals surface area contributed by atoms with Crippen LogP contribution in [0, 0.1) is 20.8 Å². The number of carbonyl (C=O) groups is 1. The smallest absolute Gasteiger partial charge is 0.277 e. The Morgan fingerprint density at radius 2 is 2.08 bits per heavy atom. The van der Waals surface area contributed by atoms with Gasteiger partial charge in [0.15, 0.2) is 0 Å². The molecule has 2 heterocycles. The van der Waals surface area contributed by atoms with Crippen molar-refractivity contribution >= 4 is 11.5 Å². The number of rotatable bonds is 3. The molecule has 25 heavy (non-hydrogen) atoms. The van der Waals surface area contributed by atoms with Crippen LogP contribution >= 0.6 is 0 Å². The minimum absolute atomic E-state index is 0.159. The normalized spacial score (nSPS) is 15.0. The van der Waals surface area contributed by atoms with E-state index in [0.717, 1.165) is 28.2 Å². The lowest BCUT2D eigenvalue weighted by atomic mass is 9.89. The molecule has 0 aliphatic carbocycles. The maximum Gasteiger partial charge on any atom is 0.277 e. The topological polar surface area (TPSA) is 85.7 Å². The van der Waals surface area contributed by atoms with Gasteiger partial charge in [0.05, 0.1) is 12.3 Å². The molecule has 0 unspecified atom stereocenters. The molecular weight excluding hydrogens is 322 g/mol. The number of aryl methyl sites for hydroxylation is 3. The molecular formula is C18H21N3O4. The first kappa shape index (κ1) is 17.0. The van der Waals surface area contributed by atoms with Crippen molar-refractivity contribution in [2.24, 2.45) is 12.2 Å². The minimum Gasteiger partial charge on any atom is -0.492 e. The molecule has 0 atom stereocenters. The summed E-state index contributed by atoms with van der Waals surface area (Å²) in [6.07, 6.45) is 0.601.